The lowest BCUT2D eigenvalue weighted by molar-refractivity contribution is 0.246. The number of nitrogens with one attached hydrogen (secondary N) is 1. The smallest absolute Gasteiger partial charge is 0.0251 e. The minimum atomic E-state index is 0.685. The predicted molar refractivity (Wildman–Crippen MR) is 95.1 cm³/mol. The van der Waals surface area contributed by atoms with E-state index in [0.717, 1.165) is 23.6 Å². The van der Waals surface area contributed by atoms with Crippen LogP contribution in [0.15, 0.2) is 29.2 Å². The third kappa shape index (κ3) is 4.75. The SMILES string of the molecule is CCCNC1CCC(C(C)C)CC1Sc1ccccc1C. The van der Waals surface area contributed by atoms with Gasteiger partial charge in [0.25, 0.3) is 0 Å². The fourth-order valence-electron chi connectivity index (χ4n) is 3.31. The summed E-state index contributed by atoms with van der Waals surface area (Å²) in [6.07, 6.45) is 5.32. The van der Waals surface area contributed by atoms with Crippen LogP contribution in [-0.4, -0.2) is 17.8 Å². The van der Waals surface area contributed by atoms with E-state index in [-0.39, 0.29) is 0 Å². The molecule has 0 radical (unpaired) electrons. The second-order valence-corrected chi connectivity index (χ2v) is 8.08. The van der Waals surface area contributed by atoms with Crippen LogP contribution < -0.4 is 5.32 Å². The Morgan fingerprint density at radius 1 is 1.24 bits per heavy atom. The summed E-state index contributed by atoms with van der Waals surface area (Å²) in [5.41, 5.74) is 1.42. The first-order valence-electron chi connectivity index (χ1n) is 8.57. The molecule has 2 heteroatoms. The van der Waals surface area contributed by atoms with E-state index < -0.39 is 0 Å². The van der Waals surface area contributed by atoms with Crippen LogP contribution in [0.1, 0.15) is 52.0 Å². The third-order valence-electron chi connectivity index (χ3n) is 4.80. The van der Waals surface area contributed by atoms with Gasteiger partial charge in [-0.3, -0.25) is 0 Å². The maximum Gasteiger partial charge on any atom is 0.0251 e. The van der Waals surface area contributed by atoms with Gasteiger partial charge in [-0.05, 0) is 62.6 Å². The topological polar surface area (TPSA) is 12.0 Å². The van der Waals surface area contributed by atoms with E-state index in [1.54, 1.807) is 0 Å². The highest BCUT2D eigenvalue weighted by molar-refractivity contribution is 8.00. The number of benzene rings is 1. The molecule has 1 fully saturated rings. The Kier molecular flexibility index (Phi) is 6.63. The zero-order chi connectivity index (χ0) is 15.2. The lowest BCUT2D eigenvalue weighted by Gasteiger charge is -2.38. The summed E-state index contributed by atoms with van der Waals surface area (Å²) < 4.78 is 0. The number of hydrogen-bond donors (Lipinski definition) is 1. The Hall–Kier alpha value is -0.470. The highest BCUT2D eigenvalue weighted by Gasteiger charge is 2.32. The molecule has 0 saturated heterocycles. The van der Waals surface area contributed by atoms with Crippen molar-refractivity contribution in [3.05, 3.63) is 29.8 Å². The van der Waals surface area contributed by atoms with Crippen molar-refractivity contribution in [2.45, 2.75) is 69.6 Å². The van der Waals surface area contributed by atoms with Crippen molar-refractivity contribution in [2.24, 2.45) is 11.8 Å². The lowest BCUT2D eigenvalue weighted by atomic mass is 9.79. The van der Waals surface area contributed by atoms with Gasteiger partial charge < -0.3 is 5.32 Å². The molecular weight excluding hydrogens is 274 g/mol. The third-order valence-corrected chi connectivity index (χ3v) is 6.34. The molecule has 21 heavy (non-hydrogen) atoms. The van der Waals surface area contributed by atoms with Gasteiger partial charge in [0, 0.05) is 16.2 Å². The normalized spacial score (nSPS) is 26.2. The second kappa shape index (κ2) is 8.24. The number of hydrogen-bond acceptors (Lipinski definition) is 2. The Morgan fingerprint density at radius 2 is 2.00 bits per heavy atom. The molecule has 3 unspecified atom stereocenters. The fraction of sp³-hybridized carbons (Fsp3) is 0.684. The van der Waals surface area contributed by atoms with E-state index >= 15 is 0 Å². The molecule has 118 valence electrons. The minimum absolute atomic E-state index is 0.685. The molecule has 1 nitrogen and oxygen atoms in total. The van der Waals surface area contributed by atoms with Crippen LogP contribution in [0, 0.1) is 18.8 Å². The molecule has 1 aromatic carbocycles. The van der Waals surface area contributed by atoms with Gasteiger partial charge in [-0.1, -0.05) is 39.0 Å². The molecular formula is C19H31NS. The number of rotatable bonds is 6. The molecule has 0 bridgehead atoms. The van der Waals surface area contributed by atoms with Crippen molar-refractivity contribution < 1.29 is 0 Å². The predicted octanol–water partition coefficient (Wildman–Crippen LogP) is 5.28. The summed E-state index contributed by atoms with van der Waals surface area (Å²) in [6, 6.07) is 9.52. The van der Waals surface area contributed by atoms with Gasteiger partial charge in [-0.15, -0.1) is 11.8 Å². The summed E-state index contributed by atoms with van der Waals surface area (Å²) in [4.78, 5) is 1.47. The first kappa shape index (κ1) is 16.9. The zero-order valence-electron chi connectivity index (χ0n) is 14.1. The standard InChI is InChI=1S/C19H31NS/c1-5-12-20-17-11-10-16(14(2)3)13-19(17)21-18-9-7-6-8-15(18)4/h6-9,14,16-17,19-20H,5,10-13H2,1-4H3. The van der Waals surface area contributed by atoms with Crippen LogP contribution in [0.25, 0.3) is 0 Å². The maximum atomic E-state index is 3.80. The van der Waals surface area contributed by atoms with Gasteiger partial charge in [0.2, 0.25) is 0 Å². The maximum absolute atomic E-state index is 3.80. The van der Waals surface area contributed by atoms with Gasteiger partial charge >= 0.3 is 0 Å². The summed E-state index contributed by atoms with van der Waals surface area (Å²) >= 11 is 2.11. The monoisotopic (exact) mass is 305 g/mol. The quantitative estimate of drug-likeness (QED) is 0.767. The molecule has 3 atom stereocenters. The van der Waals surface area contributed by atoms with Crippen LogP contribution in [0.5, 0.6) is 0 Å². The van der Waals surface area contributed by atoms with Gasteiger partial charge in [0.1, 0.15) is 0 Å². The average molecular weight is 306 g/mol. The van der Waals surface area contributed by atoms with Crippen molar-refractivity contribution in [1.82, 2.24) is 5.32 Å². The van der Waals surface area contributed by atoms with E-state index in [1.807, 2.05) is 0 Å². The van der Waals surface area contributed by atoms with Crippen molar-refractivity contribution in [2.75, 3.05) is 6.54 Å². The van der Waals surface area contributed by atoms with Crippen LogP contribution in [0.4, 0.5) is 0 Å². The molecule has 0 amide bonds. The summed E-state index contributed by atoms with van der Waals surface area (Å²) in [7, 11) is 0. The second-order valence-electron chi connectivity index (χ2n) is 6.80. The van der Waals surface area contributed by atoms with Crippen molar-refractivity contribution in [3.63, 3.8) is 0 Å². The molecule has 1 aromatic rings. The summed E-state index contributed by atoms with van der Waals surface area (Å²) in [5.74, 6) is 1.71. The fourth-order valence-corrected chi connectivity index (χ4v) is 4.79. The van der Waals surface area contributed by atoms with Crippen LogP contribution in [0.2, 0.25) is 0 Å². The van der Waals surface area contributed by atoms with E-state index in [0.29, 0.717) is 6.04 Å². The summed E-state index contributed by atoms with van der Waals surface area (Å²) in [5, 5.41) is 4.52. The Labute approximate surface area is 135 Å². The van der Waals surface area contributed by atoms with Gasteiger partial charge in [0.15, 0.2) is 0 Å². The lowest BCUT2D eigenvalue weighted by Crippen LogP contribution is -2.43. The van der Waals surface area contributed by atoms with E-state index in [9.17, 15) is 0 Å². The molecule has 0 spiro atoms. The van der Waals surface area contributed by atoms with E-state index in [4.69, 9.17) is 0 Å². The molecule has 0 heterocycles. The van der Waals surface area contributed by atoms with Gasteiger partial charge in [0.05, 0.1) is 0 Å². The van der Waals surface area contributed by atoms with Crippen molar-refractivity contribution >= 4 is 11.8 Å². The summed E-state index contributed by atoms with van der Waals surface area (Å²) in [6.45, 7) is 10.4. The van der Waals surface area contributed by atoms with Crippen molar-refractivity contribution in [1.29, 1.82) is 0 Å². The Bertz CT molecular complexity index is 429. The highest BCUT2D eigenvalue weighted by Crippen LogP contribution is 2.40. The molecule has 0 aromatic heterocycles. The number of aryl methyl sites for hydroxylation is 1. The van der Waals surface area contributed by atoms with Crippen LogP contribution >= 0.6 is 11.8 Å². The highest BCUT2D eigenvalue weighted by atomic mass is 32.2. The van der Waals surface area contributed by atoms with Gasteiger partial charge in [-0.25, -0.2) is 0 Å². The molecule has 1 aliphatic carbocycles. The average Bonchev–Trinajstić information content (AvgIpc) is 2.48. The molecule has 2 rings (SSSR count). The first-order chi connectivity index (χ1) is 10.1. The largest absolute Gasteiger partial charge is 0.313 e. The molecule has 0 aliphatic heterocycles. The van der Waals surface area contributed by atoms with Crippen LogP contribution in [0.3, 0.4) is 0 Å². The number of thioether (sulfide) groups is 1. The van der Waals surface area contributed by atoms with Crippen molar-refractivity contribution in [3.8, 4) is 0 Å². The van der Waals surface area contributed by atoms with Gasteiger partial charge in [-0.2, -0.15) is 0 Å². The Balaban J connectivity index is 2.07. The molecule has 1 saturated carbocycles. The van der Waals surface area contributed by atoms with Crippen LogP contribution in [-0.2, 0) is 0 Å². The van der Waals surface area contributed by atoms with E-state index in [1.165, 1.54) is 36.1 Å². The Morgan fingerprint density at radius 3 is 2.67 bits per heavy atom. The zero-order valence-corrected chi connectivity index (χ0v) is 14.9. The molecule has 1 N–H and O–H groups in total. The first-order valence-corrected chi connectivity index (χ1v) is 9.45. The minimum Gasteiger partial charge on any atom is -0.313 e. The van der Waals surface area contributed by atoms with E-state index in [2.05, 4.69) is 69.0 Å². The molecule has 1 aliphatic rings.